The summed E-state index contributed by atoms with van der Waals surface area (Å²) in [7, 11) is 4.58. The molecule has 0 aliphatic heterocycles. The van der Waals surface area contributed by atoms with Crippen molar-refractivity contribution in [2.24, 2.45) is 0 Å². The summed E-state index contributed by atoms with van der Waals surface area (Å²) in [5.41, 5.74) is 5.53. The number of aromatic nitrogens is 2. The van der Waals surface area contributed by atoms with Crippen LogP contribution < -0.4 is 19.9 Å². The molecule has 0 aliphatic carbocycles. The lowest BCUT2D eigenvalue weighted by Gasteiger charge is -2.12. The van der Waals surface area contributed by atoms with Crippen molar-refractivity contribution in [3.63, 3.8) is 0 Å². The first-order valence-corrected chi connectivity index (χ1v) is 11.8. The van der Waals surface area contributed by atoms with E-state index in [4.69, 9.17) is 14.2 Å². The molecule has 4 rings (SSSR count). The third kappa shape index (κ3) is 4.93. The molecule has 1 heterocycles. The molecule has 0 atom stereocenters. The summed E-state index contributed by atoms with van der Waals surface area (Å²) in [6, 6.07) is 16.7. The van der Waals surface area contributed by atoms with E-state index < -0.39 is 11.6 Å². The lowest BCUT2D eigenvalue weighted by atomic mass is 9.99. The lowest BCUT2D eigenvalue weighted by molar-refractivity contribution is 0.0967. The van der Waals surface area contributed by atoms with E-state index in [9.17, 15) is 9.59 Å². The normalized spacial score (nSPS) is 11.1. The van der Waals surface area contributed by atoms with Gasteiger partial charge in [0, 0.05) is 17.8 Å². The van der Waals surface area contributed by atoms with Crippen molar-refractivity contribution in [2.45, 2.75) is 20.8 Å². The number of hydrogen-bond acceptors (Lipinski definition) is 5. The number of nitrogens with zero attached hydrogens (tertiary/aromatic N) is 2. The van der Waals surface area contributed by atoms with E-state index in [0.29, 0.717) is 34.2 Å². The molecule has 37 heavy (non-hydrogen) atoms. The van der Waals surface area contributed by atoms with Gasteiger partial charge in [0.05, 0.1) is 32.7 Å². The summed E-state index contributed by atoms with van der Waals surface area (Å²) in [5, 5.41) is 0. The van der Waals surface area contributed by atoms with Crippen LogP contribution in [0.1, 0.15) is 27.0 Å². The Balaban J connectivity index is 1.84. The highest BCUT2D eigenvalue weighted by Crippen LogP contribution is 2.38. The van der Waals surface area contributed by atoms with Crippen LogP contribution in [0.2, 0.25) is 0 Å². The Kier molecular flexibility index (Phi) is 7.34. The highest BCUT2D eigenvalue weighted by Gasteiger charge is 2.20. The van der Waals surface area contributed by atoms with Gasteiger partial charge in [0.25, 0.3) is 5.91 Å². The summed E-state index contributed by atoms with van der Waals surface area (Å²) >= 11 is 0. The standard InChI is InChI=1S/C30H30N2O5/c1-19-14-23(15-20(2)21(19)3)25-18-31(24-10-8-7-9-11-24)30(34)32(25)28(33)13-12-22-16-26(35-4)29(37-6)27(17-22)36-5/h7-18H,1-6H3/b13-12+. The Morgan fingerprint density at radius 2 is 1.43 bits per heavy atom. The zero-order chi connectivity index (χ0) is 26.7. The van der Waals surface area contributed by atoms with E-state index in [-0.39, 0.29) is 0 Å². The van der Waals surface area contributed by atoms with Gasteiger partial charge < -0.3 is 14.2 Å². The predicted molar refractivity (Wildman–Crippen MR) is 145 cm³/mol. The van der Waals surface area contributed by atoms with Crippen LogP contribution in [0.3, 0.4) is 0 Å². The fraction of sp³-hybridized carbons (Fsp3) is 0.200. The topological polar surface area (TPSA) is 71.7 Å². The van der Waals surface area contributed by atoms with Crippen molar-refractivity contribution >= 4 is 12.0 Å². The van der Waals surface area contributed by atoms with Crippen LogP contribution in [0.5, 0.6) is 17.2 Å². The predicted octanol–water partition coefficient (Wildman–Crippen LogP) is 5.61. The first-order chi connectivity index (χ1) is 17.8. The van der Waals surface area contributed by atoms with Crippen molar-refractivity contribution in [3.05, 3.63) is 99.6 Å². The minimum Gasteiger partial charge on any atom is -0.493 e. The fourth-order valence-electron chi connectivity index (χ4n) is 4.26. The molecular formula is C30H30N2O5. The molecule has 1 aromatic heterocycles. The molecule has 0 saturated carbocycles. The number of ether oxygens (including phenoxy) is 3. The van der Waals surface area contributed by atoms with Crippen molar-refractivity contribution < 1.29 is 19.0 Å². The van der Waals surface area contributed by atoms with Gasteiger partial charge in [-0.05, 0) is 85.5 Å². The monoisotopic (exact) mass is 498 g/mol. The molecule has 0 radical (unpaired) electrons. The van der Waals surface area contributed by atoms with Crippen LogP contribution in [0, 0.1) is 20.8 Å². The number of benzene rings is 3. The summed E-state index contributed by atoms with van der Waals surface area (Å²) in [6.07, 6.45) is 4.70. The number of methoxy groups -OCH3 is 3. The SMILES string of the molecule is COc1cc(/C=C/C(=O)n2c(-c3cc(C)c(C)c(C)c3)cn(-c3ccccc3)c2=O)cc(OC)c1OC. The van der Waals surface area contributed by atoms with Crippen molar-refractivity contribution in [2.75, 3.05) is 21.3 Å². The van der Waals surface area contributed by atoms with Crippen LogP contribution in [0.25, 0.3) is 23.0 Å². The maximum absolute atomic E-state index is 13.6. The average molecular weight is 499 g/mol. The number of allylic oxidation sites excluding steroid dienone is 1. The van der Waals surface area contributed by atoms with Gasteiger partial charge in [-0.3, -0.25) is 9.36 Å². The highest BCUT2D eigenvalue weighted by atomic mass is 16.5. The summed E-state index contributed by atoms with van der Waals surface area (Å²) in [6.45, 7) is 6.10. The van der Waals surface area contributed by atoms with Gasteiger partial charge in [0.15, 0.2) is 11.5 Å². The van der Waals surface area contributed by atoms with E-state index in [1.54, 1.807) is 24.4 Å². The largest absolute Gasteiger partial charge is 0.493 e. The van der Waals surface area contributed by atoms with Crippen LogP contribution in [0.15, 0.2) is 71.7 Å². The van der Waals surface area contributed by atoms with Gasteiger partial charge >= 0.3 is 5.69 Å². The number of aryl methyl sites for hydroxylation is 2. The molecule has 4 aromatic rings. The van der Waals surface area contributed by atoms with Crippen LogP contribution in [-0.2, 0) is 0 Å². The maximum atomic E-state index is 13.6. The van der Waals surface area contributed by atoms with E-state index in [2.05, 4.69) is 6.92 Å². The molecule has 0 unspecified atom stereocenters. The summed E-state index contributed by atoms with van der Waals surface area (Å²) in [5.74, 6) is 0.914. The molecule has 190 valence electrons. The quantitative estimate of drug-likeness (QED) is 0.310. The second-order valence-electron chi connectivity index (χ2n) is 8.70. The van der Waals surface area contributed by atoms with E-state index in [1.807, 2.05) is 56.3 Å². The maximum Gasteiger partial charge on any atom is 0.340 e. The average Bonchev–Trinajstić information content (AvgIpc) is 3.26. The molecule has 0 bridgehead atoms. The molecule has 0 N–H and O–H groups in total. The minimum absolute atomic E-state index is 0.448. The molecule has 0 fully saturated rings. The van der Waals surface area contributed by atoms with Crippen molar-refractivity contribution in [3.8, 4) is 34.2 Å². The van der Waals surface area contributed by atoms with Gasteiger partial charge in [-0.25, -0.2) is 9.36 Å². The molecule has 0 aliphatic rings. The molecule has 7 nitrogen and oxygen atoms in total. The Bertz CT molecular complexity index is 1500. The van der Waals surface area contributed by atoms with Crippen molar-refractivity contribution in [1.82, 2.24) is 9.13 Å². The molecular weight excluding hydrogens is 468 g/mol. The molecule has 3 aromatic carbocycles. The Morgan fingerprint density at radius 1 is 0.838 bits per heavy atom. The van der Waals surface area contributed by atoms with Crippen LogP contribution in [-0.4, -0.2) is 36.4 Å². The fourth-order valence-corrected chi connectivity index (χ4v) is 4.26. The highest BCUT2D eigenvalue weighted by molar-refractivity contribution is 5.96. The lowest BCUT2D eigenvalue weighted by Crippen LogP contribution is -2.27. The Morgan fingerprint density at radius 3 is 1.97 bits per heavy atom. The van der Waals surface area contributed by atoms with E-state index >= 15 is 0 Å². The van der Waals surface area contributed by atoms with Crippen LogP contribution in [0.4, 0.5) is 0 Å². The molecule has 0 spiro atoms. The molecule has 7 heteroatoms. The van der Waals surface area contributed by atoms with Gasteiger partial charge in [-0.15, -0.1) is 0 Å². The van der Waals surface area contributed by atoms with Gasteiger partial charge in [-0.1, -0.05) is 18.2 Å². The zero-order valence-electron chi connectivity index (χ0n) is 21.9. The first-order valence-electron chi connectivity index (χ1n) is 11.8. The Labute approximate surface area is 216 Å². The van der Waals surface area contributed by atoms with Gasteiger partial charge in [-0.2, -0.15) is 0 Å². The van der Waals surface area contributed by atoms with Crippen molar-refractivity contribution in [1.29, 1.82) is 0 Å². The van der Waals surface area contributed by atoms with Gasteiger partial charge in [0.1, 0.15) is 0 Å². The van der Waals surface area contributed by atoms with Gasteiger partial charge in [0.2, 0.25) is 5.75 Å². The second kappa shape index (κ2) is 10.6. The second-order valence-corrected chi connectivity index (χ2v) is 8.70. The zero-order valence-corrected chi connectivity index (χ0v) is 21.9. The number of hydrogen-bond donors (Lipinski definition) is 0. The first kappa shape index (κ1) is 25.6. The number of rotatable bonds is 7. The number of carbonyl (C=O) groups excluding carboxylic acids is 1. The number of para-hydroxylation sites is 1. The van der Waals surface area contributed by atoms with Crippen LogP contribution >= 0.6 is 0 Å². The smallest absolute Gasteiger partial charge is 0.340 e. The summed E-state index contributed by atoms with van der Waals surface area (Å²) < 4.78 is 18.9. The minimum atomic E-state index is -0.473. The third-order valence-corrected chi connectivity index (χ3v) is 6.47. The van der Waals surface area contributed by atoms with E-state index in [1.165, 1.54) is 42.1 Å². The Hall–Kier alpha value is -4.52. The third-order valence-electron chi connectivity index (χ3n) is 6.47. The number of carbonyl (C=O) groups is 1. The molecule has 0 saturated heterocycles. The summed E-state index contributed by atoms with van der Waals surface area (Å²) in [4.78, 5) is 27.1. The van der Waals surface area contributed by atoms with E-state index in [0.717, 1.165) is 16.7 Å². The number of imidazole rings is 1. The molecule has 0 amide bonds.